The van der Waals surface area contributed by atoms with Gasteiger partial charge in [0.2, 0.25) is 11.8 Å². The number of hydrogen-bond acceptors (Lipinski definition) is 5. The van der Waals surface area contributed by atoms with Crippen molar-refractivity contribution in [3.63, 3.8) is 0 Å². The summed E-state index contributed by atoms with van der Waals surface area (Å²) in [5, 5.41) is 4.07. The smallest absolute Gasteiger partial charge is 0.249 e. The van der Waals surface area contributed by atoms with Gasteiger partial charge in [0, 0.05) is 19.4 Å². The van der Waals surface area contributed by atoms with Crippen molar-refractivity contribution in [2.24, 2.45) is 5.92 Å². The van der Waals surface area contributed by atoms with E-state index in [1.54, 1.807) is 12.1 Å². The molecule has 2 aliphatic rings. The Morgan fingerprint density at radius 2 is 1.90 bits per heavy atom. The van der Waals surface area contributed by atoms with Gasteiger partial charge in [0.1, 0.15) is 17.6 Å². The third-order valence-electron chi connectivity index (χ3n) is 5.94. The second kappa shape index (κ2) is 9.37. The molecule has 7 heteroatoms. The van der Waals surface area contributed by atoms with Gasteiger partial charge in [0.15, 0.2) is 5.82 Å². The minimum absolute atomic E-state index is 0.114. The fraction of sp³-hybridized carbons (Fsp3) is 0.591. The van der Waals surface area contributed by atoms with E-state index in [1.165, 1.54) is 37.8 Å². The third kappa shape index (κ3) is 5.14. The molecule has 1 unspecified atom stereocenters. The number of amides is 1. The molecule has 1 amide bonds. The number of carbonyl (C=O) groups is 1. The summed E-state index contributed by atoms with van der Waals surface area (Å²) in [5.41, 5.74) is 0. The molecule has 1 atom stereocenters. The average Bonchev–Trinajstić information content (AvgIpc) is 3.42. The highest BCUT2D eigenvalue weighted by atomic mass is 19.1. The molecule has 0 N–H and O–H groups in total. The van der Waals surface area contributed by atoms with Crippen LogP contribution in [0.3, 0.4) is 0 Å². The lowest BCUT2D eigenvalue weighted by molar-refractivity contribution is -0.136. The van der Waals surface area contributed by atoms with Crippen molar-refractivity contribution in [2.45, 2.75) is 63.8 Å². The molecule has 1 aliphatic heterocycles. The van der Waals surface area contributed by atoms with E-state index in [0.717, 1.165) is 25.8 Å². The number of nitrogens with zero attached hydrogens (tertiary/aromatic N) is 3. The molecule has 1 aliphatic carbocycles. The Balaban J connectivity index is 1.33. The van der Waals surface area contributed by atoms with E-state index >= 15 is 0 Å². The van der Waals surface area contributed by atoms with Gasteiger partial charge in [-0.2, -0.15) is 4.98 Å². The van der Waals surface area contributed by atoms with Crippen LogP contribution in [0.1, 0.15) is 69.1 Å². The first-order valence-corrected chi connectivity index (χ1v) is 10.7. The zero-order valence-corrected chi connectivity index (χ0v) is 16.7. The van der Waals surface area contributed by atoms with Gasteiger partial charge in [0.25, 0.3) is 0 Å². The van der Waals surface area contributed by atoms with Crippen molar-refractivity contribution in [1.29, 1.82) is 0 Å². The maximum Gasteiger partial charge on any atom is 0.249 e. The number of halogens is 1. The van der Waals surface area contributed by atoms with Crippen LogP contribution in [0.15, 0.2) is 28.8 Å². The van der Waals surface area contributed by atoms with Crippen LogP contribution >= 0.6 is 0 Å². The van der Waals surface area contributed by atoms with E-state index < -0.39 is 0 Å². The molecule has 2 heterocycles. The van der Waals surface area contributed by atoms with E-state index in [2.05, 4.69) is 10.1 Å². The van der Waals surface area contributed by atoms with Gasteiger partial charge in [0.05, 0.1) is 6.61 Å². The number of ether oxygens (including phenoxy) is 1. The zero-order chi connectivity index (χ0) is 20.1. The summed E-state index contributed by atoms with van der Waals surface area (Å²) >= 11 is 0. The summed E-state index contributed by atoms with van der Waals surface area (Å²) in [6.07, 6.45) is 8.91. The molecule has 1 saturated heterocycles. The fourth-order valence-electron chi connectivity index (χ4n) is 4.36. The number of likely N-dealkylation sites (tertiary alicyclic amines) is 1. The SMILES string of the molecule is O=C(CC1CCCC1)N1CCCCC1c1nc(CCOc2ccc(F)cc2)no1. The molecule has 0 spiro atoms. The van der Waals surface area contributed by atoms with E-state index in [0.29, 0.717) is 42.8 Å². The summed E-state index contributed by atoms with van der Waals surface area (Å²) in [5.74, 6) is 2.16. The van der Waals surface area contributed by atoms with Crippen molar-refractivity contribution in [2.75, 3.05) is 13.2 Å². The fourth-order valence-corrected chi connectivity index (χ4v) is 4.36. The van der Waals surface area contributed by atoms with Gasteiger partial charge in [-0.05, 0) is 62.3 Å². The summed E-state index contributed by atoms with van der Waals surface area (Å²) in [7, 11) is 0. The number of rotatable bonds is 7. The highest BCUT2D eigenvalue weighted by Crippen LogP contribution is 2.33. The minimum atomic E-state index is -0.292. The predicted molar refractivity (Wildman–Crippen MR) is 105 cm³/mol. The van der Waals surface area contributed by atoms with Gasteiger partial charge < -0.3 is 14.2 Å². The van der Waals surface area contributed by atoms with Crippen molar-refractivity contribution in [3.8, 4) is 5.75 Å². The first-order chi connectivity index (χ1) is 14.2. The van der Waals surface area contributed by atoms with Crippen LogP contribution in [0.5, 0.6) is 5.75 Å². The van der Waals surface area contributed by atoms with Crippen LogP contribution in [0, 0.1) is 11.7 Å². The lowest BCUT2D eigenvalue weighted by atomic mass is 9.98. The van der Waals surface area contributed by atoms with Crippen molar-refractivity contribution in [3.05, 3.63) is 41.8 Å². The Kier molecular flexibility index (Phi) is 6.42. The molecule has 0 bridgehead atoms. The van der Waals surface area contributed by atoms with Crippen LogP contribution in [-0.2, 0) is 11.2 Å². The number of carbonyl (C=O) groups excluding carboxylic acids is 1. The molecular weight excluding hydrogens is 373 g/mol. The molecule has 1 aromatic carbocycles. The molecule has 2 fully saturated rings. The van der Waals surface area contributed by atoms with Crippen LogP contribution < -0.4 is 4.74 Å². The molecular formula is C22H28FN3O3. The molecule has 0 radical (unpaired) electrons. The van der Waals surface area contributed by atoms with Crippen molar-refractivity contribution in [1.82, 2.24) is 15.0 Å². The van der Waals surface area contributed by atoms with E-state index in [9.17, 15) is 9.18 Å². The van der Waals surface area contributed by atoms with Gasteiger partial charge in [-0.3, -0.25) is 4.79 Å². The molecule has 4 rings (SSSR count). The Hall–Kier alpha value is -2.44. The monoisotopic (exact) mass is 401 g/mol. The second-order valence-electron chi connectivity index (χ2n) is 8.05. The zero-order valence-electron chi connectivity index (χ0n) is 16.7. The van der Waals surface area contributed by atoms with Crippen molar-refractivity contribution >= 4 is 5.91 Å². The lowest BCUT2D eigenvalue weighted by Crippen LogP contribution is -2.39. The summed E-state index contributed by atoms with van der Waals surface area (Å²) < 4.78 is 24.1. The normalized spacial score (nSPS) is 20.2. The topological polar surface area (TPSA) is 68.5 Å². The first-order valence-electron chi connectivity index (χ1n) is 10.7. The van der Waals surface area contributed by atoms with Crippen LogP contribution in [0.4, 0.5) is 4.39 Å². The number of aromatic nitrogens is 2. The Morgan fingerprint density at radius 1 is 1.14 bits per heavy atom. The van der Waals surface area contributed by atoms with Gasteiger partial charge >= 0.3 is 0 Å². The predicted octanol–water partition coefficient (Wildman–Crippen LogP) is 4.46. The van der Waals surface area contributed by atoms with Crippen LogP contribution in [0.2, 0.25) is 0 Å². The molecule has 1 saturated carbocycles. The average molecular weight is 401 g/mol. The van der Waals surface area contributed by atoms with Crippen LogP contribution in [-0.4, -0.2) is 34.1 Å². The largest absolute Gasteiger partial charge is 0.493 e. The number of piperidine rings is 1. The molecule has 6 nitrogen and oxygen atoms in total. The Bertz CT molecular complexity index is 802. The maximum absolute atomic E-state index is 12.9. The lowest BCUT2D eigenvalue weighted by Gasteiger charge is -2.34. The van der Waals surface area contributed by atoms with Gasteiger partial charge in [-0.15, -0.1) is 0 Å². The molecule has 29 heavy (non-hydrogen) atoms. The highest BCUT2D eigenvalue weighted by molar-refractivity contribution is 5.77. The third-order valence-corrected chi connectivity index (χ3v) is 5.94. The van der Waals surface area contributed by atoms with E-state index in [1.807, 2.05) is 4.90 Å². The van der Waals surface area contributed by atoms with Crippen molar-refractivity contribution < 1.29 is 18.4 Å². The maximum atomic E-state index is 12.9. The second-order valence-corrected chi connectivity index (χ2v) is 8.05. The molecule has 2 aromatic rings. The van der Waals surface area contributed by atoms with E-state index in [-0.39, 0.29) is 17.8 Å². The highest BCUT2D eigenvalue weighted by Gasteiger charge is 2.33. The van der Waals surface area contributed by atoms with Gasteiger partial charge in [-0.1, -0.05) is 18.0 Å². The quantitative estimate of drug-likeness (QED) is 0.685. The Labute approximate surface area is 170 Å². The summed E-state index contributed by atoms with van der Waals surface area (Å²) in [6.45, 7) is 1.14. The first kappa shape index (κ1) is 19.9. The number of hydrogen-bond donors (Lipinski definition) is 0. The molecule has 1 aromatic heterocycles. The summed E-state index contributed by atoms with van der Waals surface area (Å²) in [6, 6.07) is 5.79. The minimum Gasteiger partial charge on any atom is -0.493 e. The van der Waals surface area contributed by atoms with Gasteiger partial charge in [-0.25, -0.2) is 4.39 Å². The molecule has 156 valence electrons. The van der Waals surface area contributed by atoms with Crippen LogP contribution in [0.25, 0.3) is 0 Å². The van der Waals surface area contributed by atoms with E-state index in [4.69, 9.17) is 9.26 Å². The Morgan fingerprint density at radius 3 is 2.69 bits per heavy atom. The summed E-state index contributed by atoms with van der Waals surface area (Å²) in [4.78, 5) is 19.4. The number of benzene rings is 1. The standard InChI is InChI=1S/C22H28FN3O3/c23-17-8-10-18(11-9-17)28-14-12-20-24-22(29-25-20)19-7-3-4-13-26(19)21(27)15-16-5-1-2-6-16/h8-11,16,19H,1-7,12-15H2.